The predicted octanol–water partition coefficient (Wildman–Crippen LogP) is 1.14. The third kappa shape index (κ3) is 2.87. The highest BCUT2D eigenvalue weighted by molar-refractivity contribution is 7.91. The molecule has 0 aliphatic carbocycles. The maximum Gasteiger partial charge on any atom is 0.252 e. The molecule has 2 heterocycles. The monoisotopic (exact) mass is 310 g/mol. The van der Waals surface area contributed by atoms with Crippen molar-refractivity contribution in [3.05, 3.63) is 16.5 Å². The molecule has 5 nitrogen and oxygen atoms in total. The molecule has 1 saturated heterocycles. The van der Waals surface area contributed by atoms with Gasteiger partial charge in [-0.2, -0.15) is 4.31 Å². The summed E-state index contributed by atoms with van der Waals surface area (Å²) in [6, 6.07) is 2.91. The molecule has 1 aromatic heterocycles. The first-order valence-electron chi connectivity index (χ1n) is 5.54. The van der Waals surface area contributed by atoms with Gasteiger partial charge in [0.1, 0.15) is 4.21 Å². The van der Waals surface area contributed by atoms with E-state index in [9.17, 15) is 8.42 Å². The molecule has 2 atom stereocenters. The van der Waals surface area contributed by atoms with Crippen molar-refractivity contribution in [3.8, 4) is 0 Å². The Morgan fingerprint density at radius 3 is 2.89 bits per heavy atom. The van der Waals surface area contributed by atoms with Crippen LogP contribution in [-0.4, -0.2) is 44.6 Å². The second kappa shape index (κ2) is 5.44. The summed E-state index contributed by atoms with van der Waals surface area (Å²) in [5, 5.41) is 0. The Morgan fingerprint density at radius 1 is 1.61 bits per heavy atom. The molecule has 2 rings (SSSR count). The summed E-state index contributed by atoms with van der Waals surface area (Å²) >= 11 is 6.84. The number of morpholine rings is 1. The van der Waals surface area contributed by atoms with Crippen LogP contribution >= 0.6 is 22.9 Å². The Bertz CT molecular complexity index is 515. The van der Waals surface area contributed by atoms with E-state index in [4.69, 9.17) is 22.1 Å². The van der Waals surface area contributed by atoms with Crippen molar-refractivity contribution in [2.75, 3.05) is 19.7 Å². The molecule has 2 unspecified atom stereocenters. The average molecular weight is 311 g/mol. The van der Waals surface area contributed by atoms with Gasteiger partial charge in [-0.25, -0.2) is 8.42 Å². The third-order valence-electron chi connectivity index (χ3n) is 2.79. The third-order valence-corrected chi connectivity index (χ3v) is 6.35. The maximum absolute atomic E-state index is 12.4. The van der Waals surface area contributed by atoms with E-state index < -0.39 is 10.0 Å². The summed E-state index contributed by atoms with van der Waals surface area (Å²) in [6.45, 7) is 2.81. The van der Waals surface area contributed by atoms with Gasteiger partial charge in [0, 0.05) is 19.1 Å². The first kappa shape index (κ1) is 14.2. The van der Waals surface area contributed by atoms with Crippen LogP contribution in [0.2, 0.25) is 4.34 Å². The minimum Gasteiger partial charge on any atom is -0.374 e. The number of nitrogens with zero attached hydrogens (tertiary/aromatic N) is 1. The number of hydrogen-bond donors (Lipinski definition) is 1. The van der Waals surface area contributed by atoms with Crippen LogP contribution in [0.4, 0.5) is 0 Å². The average Bonchev–Trinajstić information content (AvgIpc) is 2.77. The smallest absolute Gasteiger partial charge is 0.252 e. The number of rotatable bonds is 3. The quantitative estimate of drug-likeness (QED) is 0.908. The lowest BCUT2D eigenvalue weighted by Crippen LogP contribution is -2.51. The highest BCUT2D eigenvalue weighted by Gasteiger charge is 2.32. The zero-order chi connectivity index (χ0) is 13.3. The van der Waals surface area contributed by atoms with Crippen LogP contribution in [0.3, 0.4) is 0 Å². The molecule has 102 valence electrons. The van der Waals surface area contributed by atoms with Crippen LogP contribution in [0.5, 0.6) is 0 Å². The van der Waals surface area contributed by atoms with Crippen molar-refractivity contribution >= 4 is 33.0 Å². The molecule has 0 spiro atoms. The van der Waals surface area contributed by atoms with E-state index >= 15 is 0 Å². The predicted molar refractivity (Wildman–Crippen MR) is 71.5 cm³/mol. The van der Waals surface area contributed by atoms with Crippen LogP contribution in [-0.2, 0) is 14.8 Å². The van der Waals surface area contributed by atoms with Gasteiger partial charge in [0.25, 0.3) is 10.0 Å². The molecule has 0 saturated carbocycles. The van der Waals surface area contributed by atoms with E-state index in [0.717, 1.165) is 11.3 Å². The Kier molecular flexibility index (Phi) is 4.30. The summed E-state index contributed by atoms with van der Waals surface area (Å²) < 4.78 is 32.3. The number of thiophene rings is 1. The van der Waals surface area contributed by atoms with Crippen molar-refractivity contribution in [2.24, 2.45) is 5.73 Å². The number of hydrogen-bond acceptors (Lipinski definition) is 5. The van der Waals surface area contributed by atoms with E-state index in [2.05, 4.69) is 0 Å². The van der Waals surface area contributed by atoms with Crippen LogP contribution in [0.25, 0.3) is 0 Å². The standard InChI is InChI=1S/C10H15ClN2O3S2/c1-7(12)8-6-13(4-5-16-8)18(14,15)10-3-2-9(11)17-10/h2-3,7-8H,4-6,12H2,1H3. The number of ether oxygens (including phenoxy) is 1. The van der Waals surface area contributed by atoms with Gasteiger partial charge < -0.3 is 10.5 Å². The first-order chi connectivity index (χ1) is 8.41. The van der Waals surface area contributed by atoms with Gasteiger partial charge in [-0.15, -0.1) is 11.3 Å². The van der Waals surface area contributed by atoms with Crippen molar-refractivity contribution in [2.45, 2.75) is 23.3 Å². The first-order valence-corrected chi connectivity index (χ1v) is 8.17. The molecule has 1 aliphatic rings. The molecular formula is C10H15ClN2O3S2. The fourth-order valence-corrected chi connectivity index (χ4v) is 4.82. The molecule has 18 heavy (non-hydrogen) atoms. The topological polar surface area (TPSA) is 72.6 Å². The molecule has 1 fully saturated rings. The number of sulfonamides is 1. The fourth-order valence-electron chi connectivity index (χ4n) is 1.75. The normalized spacial score (nSPS) is 24.1. The van der Waals surface area contributed by atoms with Crippen molar-refractivity contribution in [1.82, 2.24) is 4.31 Å². The van der Waals surface area contributed by atoms with Crippen LogP contribution in [0.1, 0.15) is 6.92 Å². The van der Waals surface area contributed by atoms with Gasteiger partial charge in [-0.1, -0.05) is 11.6 Å². The Morgan fingerprint density at radius 2 is 2.33 bits per heavy atom. The number of nitrogens with two attached hydrogens (primary N) is 1. The van der Waals surface area contributed by atoms with E-state index in [0.29, 0.717) is 17.5 Å². The number of halogens is 1. The van der Waals surface area contributed by atoms with Crippen LogP contribution < -0.4 is 5.73 Å². The maximum atomic E-state index is 12.4. The van der Waals surface area contributed by atoms with E-state index in [1.54, 1.807) is 6.07 Å². The van der Waals surface area contributed by atoms with E-state index in [1.165, 1.54) is 10.4 Å². The fraction of sp³-hybridized carbons (Fsp3) is 0.600. The molecule has 0 radical (unpaired) electrons. The zero-order valence-electron chi connectivity index (χ0n) is 9.87. The van der Waals surface area contributed by atoms with Crippen molar-refractivity contribution in [3.63, 3.8) is 0 Å². The Hall–Kier alpha value is -0.180. The summed E-state index contributed by atoms with van der Waals surface area (Å²) in [6.07, 6.45) is -0.260. The lowest BCUT2D eigenvalue weighted by molar-refractivity contribution is -0.0119. The van der Waals surface area contributed by atoms with E-state index in [-0.39, 0.29) is 22.9 Å². The summed E-state index contributed by atoms with van der Waals surface area (Å²) in [5.74, 6) is 0. The van der Waals surface area contributed by atoms with E-state index in [1.807, 2.05) is 6.92 Å². The minimum atomic E-state index is -3.48. The van der Waals surface area contributed by atoms with Crippen LogP contribution in [0, 0.1) is 0 Å². The zero-order valence-corrected chi connectivity index (χ0v) is 12.3. The highest BCUT2D eigenvalue weighted by atomic mass is 35.5. The second-order valence-electron chi connectivity index (χ2n) is 4.19. The van der Waals surface area contributed by atoms with Crippen LogP contribution in [0.15, 0.2) is 16.3 Å². The van der Waals surface area contributed by atoms with Gasteiger partial charge >= 0.3 is 0 Å². The largest absolute Gasteiger partial charge is 0.374 e. The summed E-state index contributed by atoms with van der Waals surface area (Å²) in [5.41, 5.74) is 5.75. The molecule has 1 aromatic rings. The van der Waals surface area contributed by atoms with Gasteiger partial charge in [0.2, 0.25) is 0 Å². The molecular weight excluding hydrogens is 296 g/mol. The molecule has 0 bridgehead atoms. The summed E-state index contributed by atoms with van der Waals surface area (Å²) in [4.78, 5) is 0. The van der Waals surface area contributed by atoms with Gasteiger partial charge in [-0.05, 0) is 19.1 Å². The van der Waals surface area contributed by atoms with Gasteiger partial charge in [0.05, 0.1) is 17.0 Å². The summed E-state index contributed by atoms with van der Waals surface area (Å²) in [7, 11) is -3.48. The lowest BCUT2D eigenvalue weighted by Gasteiger charge is -2.33. The second-order valence-corrected chi connectivity index (χ2v) is 8.07. The SMILES string of the molecule is CC(N)C1CN(S(=O)(=O)c2ccc(Cl)s2)CCO1. The molecule has 2 N–H and O–H groups in total. The Labute approximate surface area is 116 Å². The van der Waals surface area contributed by atoms with Crippen molar-refractivity contribution < 1.29 is 13.2 Å². The van der Waals surface area contributed by atoms with Crippen molar-refractivity contribution in [1.29, 1.82) is 0 Å². The highest BCUT2D eigenvalue weighted by Crippen LogP contribution is 2.29. The molecule has 0 aromatic carbocycles. The lowest BCUT2D eigenvalue weighted by atomic mass is 10.2. The van der Waals surface area contributed by atoms with Gasteiger partial charge in [-0.3, -0.25) is 0 Å². The molecule has 8 heteroatoms. The molecule has 0 amide bonds. The van der Waals surface area contributed by atoms with Gasteiger partial charge in [0.15, 0.2) is 0 Å². The minimum absolute atomic E-state index is 0.199. The molecule has 1 aliphatic heterocycles. The Balaban J connectivity index is 2.20.